The number of ether oxygens (including phenoxy) is 2. The fourth-order valence-electron chi connectivity index (χ4n) is 3.69. The van der Waals surface area contributed by atoms with Crippen LogP contribution in [0.3, 0.4) is 0 Å². The number of amides is 2. The molecule has 1 saturated heterocycles. The molecule has 2 amide bonds. The summed E-state index contributed by atoms with van der Waals surface area (Å²) in [6.07, 6.45) is 1.36. The molecule has 3 rings (SSSR count). The van der Waals surface area contributed by atoms with Crippen LogP contribution >= 0.6 is 0 Å². The minimum Gasteiger partial charge on any atom is -0.496 e. The van der Waals surface area contributed by atoms with E-state index in [-0.39, 0.29) is 36.7 Å². The van der Waals surface area contributed by atoms with Crippen LogP contribution in [0.5, 0.6) is 5.75 Å². The third kappa shape index (κ3) is 4.67. The molecule has 154 valence electrons. The predicted molar refractivity (Wildman–Crippen MR) is 109 cm³/mol. The Kier molecular flexibility index (Phi) is 6.69. The summed E-state index contributed by atoms with van der Waals surface area (Å²) in [6.45, 7) is 1.31. The second-order valence-electron chi connectivity index (χ2n) is 7.04. The number of esters is 1. The van der Waals surface area contributed by atoms with Gasteiger partial charge in [-0.25, -0.2) is 0 Å². The van der Waals surface area contributed by atoms with Gasteiger partial charge in [0.05, 0.1) is 20.6 Å². The molecule has 0 radical (unpaired) electrons. The molecule has 7 nitrogen and oxygen atoms in total. The highest BCUT2D eigenvalue weighted by atomic mass is 16.5. The Morgan fingerprint density at radius 2 is 1.72 bits per heavy atom. The number of fused-ring (bicyclic) bond motifs is 1. The van der Waals surface area contributed by atoms with Crippen LogP contribution in [0.2, 0.25) is 0 Å². The van der Waals surface area contributed by atoms with Crippen molar-refractivity contribution >= 4 is 28.6 Å². The highest BCUT2D eigenvalue weighted by Crippen LogP contribution is 2.30. The van der Waals surface area contributed by atoms with Crippen molar-refractivity contribution in [3.63, 3.8) is 0 Å². The van der Waals surface area contributed by atoms with Gasteiger partial charge >= 0.3 is 5.97 Å². The molecular weight excluding hydrogens is 372 g/mol. The lowest BCUT2D eigenvalue weighted by molar-refractivity contribution is -0.140. The Hall–Kier alpha value is -3.09. The van der Waals surface area contributed by atoms with Crippen LogP contribution in [-0.4, -0.2) is 56.5 Å². The molecule has 1 N–H and O–H groups in total. The van der Waals surface area contributed by atoms with Crippen molar-refractivity contribution in [3.05, 3.63) is 42.0 Å². The summed E-state index contributed by atoms with van der Waals surface area (Å²) in [5, 5.41) is 4.54. The Balaban J connectivity index is 1.62. The maximum absolute atomic E-state index is 13.1. The quantitative estimate of drug-likeness (QED) is 0.755. The topological polar surface area (TPSA) is 84.9 Å². The lowest BCUT2D eigenvalue weighted by Crippen LogP contribution is -2.43. The van der Waals surface area contributed by atoms with E-state index >= 15 is 0 Å². The first-order valence-corrected chi connectivity index (χ1v) is 9.74. The second kappa shape index (κ2) is 9.41. The summed E-state index contributed by atoms with van der Waals surface area (Å²) in [5.74, 6) is 0.130. The van der Waals surface area contributed by atoms with Crippen LogP contribution in [0.1, 0.15) is 29.6 Å². The lowest BCUT2D eigenvalue weighted by atomic mass is 9.94. The third-order valence-electron chi connectivity index (χ3n) is 5.34. The number of nitrogens with one attached hydrogen (secondary N) is 1. The summed E-state index contributed by atoms with van der Waals surface area (Å²) in [5.41, 5.74) is 0.641. The van der Waals surface area contributed by atoms with Gasteiger partial charge in [0, 0.05) is 36.5 Å². The van der Waals surface area contributed by atoms with E-state index in [4.69, 9.17) is 4.74 Å². The van der Waals surface area contributed by atoms with Crippen molar-refractivity contribution < 1.29 is 23.9 Å². The molecule has 2 aromatic carbocycles. The van der Waals surface area contributed by atoms with E-state index in [1.807, 2.05) is 30.3 Å². The zero-order chi connectivity index (χ0) is 20.8. The van der Waals surface area contributed by atoms with Crippen LogP contribution in [-0.2, 0) is 14.3 Å². The number of methoxy groups -OCH3 is 2. The number of hydrogen-bond acceptors (Lipinski definition) is 5. The highest BCUT2D eigenvalue weighted by molar-refractivity contribution is 6.08. The molecule has 0 unspecified atom stereocenters. The van der Waals surface area contributed by atoms with Crippen LogP contribution in [0.4, 0.5) is 0 Å². The maximum atomic E-state index is 13.1. The fourth-order valence-corrected chi connectivity index (χ4v) is 3.69. The van der Waals surface area contributed by atoms with E-state index in [1.165, 1.54) is 7.11 Å². The molecule has 1 heterocycles. The fraction of sp³-hybridized carbons (Fsp3) is 0.409. The second-order valence-corrected chi connectivity index (χ2v) is 7.04. The normalized spacial score (nSPS) is 14.5. The monoisotopic (exact) mass is 398 g/mol. The van der Waals surface area contributed by atoms with Gasteiger partial charge in [0.15, 0.2) is 0 Å². The lowest BCUT2D eigenvalue weighted by Gasteiger charge is -2.31. The average molecular weight is 398 g/mol. The van der Waals surface area contributed by atoms with Gasteiger partial charge < -0.3 is 19.7 Å². The molecule has 0 spiro atoms. The molecular formula is C22H26N2O5. The molecule has 1 aliphatic rings. The van der Waals surface area contributed by atoms with Crippen molar-refractivity contribution in [1.29, 1.82) is 0 Å². The summed E-state index contributed by atoms with van der Waals surface area (Å²) in [7, 11) is 2.94. The molecule has 29 heavy (non-hydrogen) atoms. The smallest absolute Gasteiger partial charge is 0.307 e. The number of carbonyl (C=O) groups is 3. The molecule has 0 aliphatic carbocycles. The minimum atomic E-state index is -0.350. The van der Waals surface area contributed by atoms with E-state index in [1.54, 1.807) is 18.1 Å². The van der Waals surface area contributed by atoms with E-state index in [9.17, 15) is 14.4 Å². The molecule has 0 saturated carbocycles. The van der Waals surface area contributed by atoms with E-state index in [0.717, 1.165) is 16.5 Å². The summed E-state index contributed by atoms with van der Waals surface area (Å²) in [6, 6.07) is 11.3. The molecule has 0 atom stereocenters. The molecule has 0 bridgehead atoms. The van der Waals surface area contributed by atoms with Crippen molar-refractivity contribution in [2.24, 2.45) is 5.92 Å². The van der Waals surface area contributed by atoms with Gasteiger partial charge in [-0.1, -0.05) is 24.3 Å². The number of benzene rings is 2. The summed E-state index contributed by atoms with van der Waals surface area (Å²) in [4.78, 5) is 38.3. The Morgan fingerprint density at radius 3 is 2.38 bits per heavy atom. The number of nitrogens with zero attached hydrogens (tertiary/aromatic N) is 1. The number of rotatable bonds is 6. The average Bonchev–Trinajstić information content (AvgIpc) is 2.77. The van der Waals surface area contributed by atoms with Crippen LogP contribution in [0.15, 0.2) is 36.4 Å². The largest absolute Gasteiger partial charge is 0.496 e. The number of likely N-dealkylation sites (tertiary alicyclic amines) is 1. The van der Waals surface area contributed by atoms with Gasteiger partial charge in [0.2, 0.25) is 5.91 Å². The molecule has 1 fully saturated rings. The summed E-state index contributed by atoms with van der Waals surface area (Å²) < 4.78 is 9.97. The minimum absolute atomic E-state index is 0.0339. The van der Waals surface area contributed by atoms with E-state index in [2.05, 4.69) is 10.1 Å². The third-order valence-corrected chi connectivity index (χ3v) is 5.34. The van der Waals surface area contributed by atoms with Crippen molar-refractivity contribution in [2.45, 2.75) is 19.3 Å². The number of carbonyl (C=O) groups excluding carboxylic acids is 3. The van der Waals surface area contributed by atoms with Gasteiger partial charge in [0.25, 0.3) is 5.91 Å². The van der Waals surface area contributed by atoms with Gasteiger partial charge in [0.1, 0.15) is 5.75 Å². The maximum Gasteiger partial charge on any atom is 0.307 e. The molecule has 0 aromatic heterocycles. The number of hydrogen-bond donors (Lipinski definition) is 1. The van der Waals surface area contributed by atoms with Crippen LogP contribution in [0, 0.1) is 5.92 Å². The molecule has 7 heteroatoms. The number of piperidine rings is 1. The van der Waals surface area contributed by atoms with Gasteiger partial charge in [-0.05, 0) is 30.4 Å². The molecule has 1 aliphatic heterocycles. The van der Waals surface area contributed by atoms with Crippen LogP contribution in [0.25, 0.3) is 10.8 Å². The first-order valence-electron chi connectivity index (χ1n) is 9.74. The zero-order valence-corrected chi connectivity index (χ0v) is 16.8. The van der Waals surface area contributed by atoms with Gasteiger partial charge in [-0.2, -0.15) is 0 Å². The van der Waals surface area contributed by atoms with Crippen molar-refractivity contribution in [2.75, 3.05) is 33.9 Å². The Bertz CT molecular complexity index is 903. The highest BCUT2D eigenvalue weighted by Gasteiger charge is 2.28. The SMILES string of the molecule is COC(=O)CCNC(=O)C1CCN(C(=O)c2ccc(OC)c3ccccc23)CC1. The Labute approximate surface area is 170 Å². The first kappa shape index (κ1) is 20.6. The van der Waals surface area contributed by atoms with Gasteiger partial charge in [-0.15, -0.1) is 0 Å². The van der Waals surface area contributed by atoms with Crippen molar-refractivity contribution in [1.82, 2.24) is 10.2 Å². The van der Waals surface area contributed by atoms with Gasteiger partial charge in [-0.3, -0.25) is 14.4 Å². The predicted octanol–water partition coefficient (Wildman–Crippen LogP) is 2.38. The first-order chi connectivity index (χ1) is 14.0. The Morgan fingerprint density at radius 1 is 1.03 bits per heavy atom. The standard InChI is InChI=1S/C22H26N2O5/c1-28-19-8-7-18(16-5-3-4-6-17(16)19)22(27)24-13-10-15(11-14-24)21(26)23-12-9-20(25)29-2/h3-8,15H,9-14H2,1-2H3,(H,23,26). The summed E-state index contributed by atoms with van der Waals surface area (Å²) >= 11 is 0. The van der Waals surface area contributed by atoms with Crippen LogP contribution < -0.4 is 10.1 Å². The molecule has 2 aromatic rings. The van der Waals surface area contributed by atoms with Crippen molar-refractivity contribution in [3.8, 4) is 5.75 Å². The van der Waals surface area contributed by atoms with E-state index < -0.39 is 0 Å². The van der Waals surface area contributed by atoms with E-state index in [0.29, 0.717) is 31.5 Å². The zero-order valence-electron chi connectivity index (χ0n) is 16.8.